The van der Waals surface area contributed by atoms with E-state index in [1.807, 2.05) is 13.0 Å². The van der Waals surface area contributed by atoms with E-state index in [1.165, 1.54) is 20.8 Å². The Bertz CT molecular complexity index is 904. The third-order valence-corrected chi connectivity index (χ3v) is 8.04. The first kappa shape index (κ1) is 26.0. The van der Waals surface area contributed by atoms with Crippen LogP contribution in [0.1, 0.15) is 66.7 Å². The van der Waals surface area contributed by atoms with Crippen molar-refractivity contribution >= 4 is 23.9 Å². The fourth-order valence-corrected chi connectivity index (χ4v) is 6.46. The molecule has 0 aromatic heterocycles. The van der Waals surface area contributed by atoms with E-state index >= 15 is 0 Å². The van der Waals surface area contributed by atoms with Crippen LogP contribution in [0.15, 0.2) is 23.8 Å². The summed E-state index contributed by atoms with van der Waals surface area (Å²) in [5, 5.41) is 0. The molecule has 6 atom stereocenters. The highest BCUT2D eigenvalue weighted by Gasteiger charge is 2.59. The zero-order chi connectivity index (χ0) is 25.3. The van der Waals surface area contributed by atoms with E-state index in [9.17, 15) is 19.2 Å². The van der Waals surface area contributed by atoms with E-state index in [2.05, 4.69) is 13.5 Å². The first-order valence-corrected chi connectivity index (χ1v) is 11.9. The molecular weight excluding hydrogens is 440 g/mol. The number of allylic oxidation sites excluding steroid dienone is 2. The van der Waals surface area contributed by atoms with Crippen LogP contribution in [0.25, 0.3) is 0 Å². The van der Waals surface area contributed by atoms with Crippen LogP contribution in [0.5, 0.6) is 0 Å². The van der Waals surface area contributed by atoms with Gasteiger partial charge in [0.2, 0.25) is 0 Å². The van der Waals surface area contributed by atoms with E-state index in [0.29, 0.717) is 18.4 Å². The first-order chi connectivity index (χ1) is 15.9. The average Bonchev–Trinajstić information content (AvgIpc) is 3.07. The van der Waals surface area contributed by atoms with Crippen LogP contribution in [0.2, 0.25) is 0 Å². The highest BCUT2D eigenvalue weighted by molar-refractivity contribution is 5.92. The lowest BCUT2D eigenvalue weighted by Crippen LogP contribution is -2.58. The molecule has 0 N–H and O–H groups in total. The number of esters is 4. The van der Waals surface area contributed by atoms with Gasteiger partial charge < -0.3 is 18.9 Å². The Hall–Kier alpha value is -2.64. The summed E-state index contributed by atoms with van der Waals surface area (Å²) in [5.74, 6) is -1.49. The molecule has 2 saturated carbocycles. The molecule has 8 nitrogen and oxygen atoms in total. The zero-order valence-corrected chi connectivity index (χ0v) is 20.8. The Morgan fingerprint density at radius 1 is 1.09 bits per heavy atom. The van der Waals surface area contributed by atoms with Crippen molar-refractivity contribution in [3.05, 3.63) is 23.8 Å². The van der Waals surface area contributed by atoms with Crippen molar-refractivity contribution in [3.63, 3.8) is 0 Å². The van der Waals surface area contributed by atoms with E-state index in [1.54, 1.807) is 0 Å². The Kier molecular flexibility index (Phi) is 7.58. The molecule has 3 aliphatic rings. The number of carbonyl (C=O) groups is 4. The second-order valence-electron chi connectivity index (χ2n) is 10.3. The maximum atomic E-state index is 12.3. The van der Waals surface area contributed by atoms with Gasteiger partial charge in [-0.05, 0) is 49.4 Å². The van der Waals surface area contributed by atoms with Gasteiger partial charge >= 0.3 is 23.9 Å². The molecular formula is C26H36O8. The number of fused-ring (bicyclic) bond motifs is 1. The molecule has 6 unspecified atom stereocenters. The second-order valence-corrected chi connectivity index (χ2v) is 10.3. The lowest BCUT2D eigenvalue weighted by molar-refractivity contribution is -0.191. The molecule has 0 amide bonds. The summed E-state index contributed by atoms with van der Waals surface area (Å²) in [4.78, 5) is 47.2. The van der Waals surface area contributed by atoms with Gasteiger partial charge in [-0.1, -0.05) is 32.1 Å². The van der Waals surface area contributed by atoms with Crippen LogP contribution in [-0.4, -0.2) is 49.3 Å². The van der Waals surface area contributed by atoms with Gasteiger partial charge in [0.15, 0.2) is 6.10 Å². The molecule has 1 aliphatic heterocycles. The molecule has 0 bridgehead atoms. The topological polar surface area (TPSA) is 105 Å². The van der Waals surface area contributed by atoms with Crippen molar-refractivity contribution in [1.29, 1.82) is 0 Å². The molecule has 1 saturated heterocycles. The van der Waals surface area contributed by atoms with Crippen molar-refractivity contribution in [2.45, 2.75) is 78.9 Å². The predicted molar refractivity (Wildman–Crippen MR) is 122 cm³/mol. The minimum atomic E-state index is -0.695. The maximum absolute atomic E-state index is 12.3. The molecule has 0 spiro atoms. The molecule has 3 fully saturated rings. The molecule has 1 heterocycles. The molecule has 34 heavy (non-hydrogen) atoms. The summed E-state index contributed by atoms with van der Waals surface area (Å²) < 4.78 is 21.6. The minimum Gasteiger partial charge on any atom is -0.465 e. The highest BCUT2D eigenvalue weighted by Crippen LogP contribution is 2.62. The predicted octanol–water partition coefficient (Wildman–Crippen LogP) is 3.68. The minimum absolute atomic E-state index is 0.0280. The summed E-state index contributed by atoms with van der Waals surface area (Å²) in [7, 11) is 0. The first-order valence-electron chi connectivity index (χ1n) is 11.9. The Labute approximate surface area is 201 Å². The Balaban J connectivity index is 1.91. The molecule has 0 aromatic carbocycles. The number of carbonyl (C=O) groups excluding carboxylic acids is 4. The molecule has 0 aromatic rings. The van der Waals surface area contributed by atoms with Gasteiger partial charge in [-0.2, -0.15) is 0 Å². The quantitative estimate of drug-likeness (QED) is 0.247. The largest absolute Gasteiger partial charge is 0.465 e. The molecule has 0 radical (unpaired) electrons. The van der Waals surface area contributed by atoms with Gasteiger partial charge in [-0.25, -0.2) is 4.79 Å². The Morgan fingerprint density at radius 2 is 1.76 bits per heavy atom. The monoisotopic (exact) mass is 476 g/mol. The summed E-state index contributed by atoms with van der Waals surface area (Å²) >= 11 is 0. The van der Waals surface area contributed by atoms with Crippen molar-refractivity contribution < 1.29 is 38.1 Å². The average molecular weight is 477 g/mol. The standard InChI is InChI=1S/C26H36O8/c1-15-7-10-22-25(5,12-11-23(34-18(4)29)26(22,6)14-32-16(2)27)20(15)9-8-19-21(33-17(3)28)13-31-24(19)30/h8,20-23H,1,7,9-14H2,2-6H3. The lowest BCUT2D eigenvalue weighted by Gasteiger charge is -2.60. The van der Waals surface area contributed by atoms with Gasteiger partial charge in [0.05, 0.1) is 5.57 Å². The van der Waals surface area contributed by atoms with Gasteiger partial charge in [-0.3, -0.25) is 14.4 Å². The van der Waals surface area contributed by atoms with Crippen LogP contribution < -0.4 is 0 Å². The number of hydrogen-bond acceptors (Lipinski definition) is 8. The van der Waals surface area contributed by atoms with Crippen molar-refractivity contribution in [2.75, 3.05) is 13.2 Å². The van der Waals surface area contributed by atoms with Crippen LogP contribution in [-0.2, 0) is 38.1 Å². The summed E-state index contributed by atoms with van der Waals surface area (Å²) in [6, 6.07) is 0. The smallest absolute Gasteiger partial charge is 0.337 e. The molecule has 2 aliphatic carbocycles. The van der Waals surface area contributed by atoms with Crippen molar-refractivity contribution in [2.24, 2.45) is 22.7 Å². The molecule has 8 heteroatoms. The number of hydrogen-bond donors (Lipinski definition) is 0. The van der Waals surface area contributed by atoms with Gasteiger partial charge in [-0.15, -0.1) is 0 Å². The third kappa shape index (κ3) is 5.05. The molecule has 188 valence electrons. The fraction of sp³-hybridized carbons (Fsp3) is 0.692. The van der Waals surface area contributed by atoms with Crippen LogP contribution in [0.3, 0.4) is 0 Å². The maximum Gasteiger partial charge on any atom is 0.337 e. The Morgan fingerprint density at radius 3 is 2.38 bits per heavy atom. The number of ether oxygens (including phenoxy) is 4. The normalized spacial score (nSPS) is 36.4. The third-order valence-electron chi connectivity index (χ3n) is 8.04. The van der Waals surface area contributed by atoms with Crippen LogP contribution in [0.4, 0.5) is 0 Å². The van der Waals surface area contributed by atoms with E-state index < -0.39 is 23.5 Å². The number of cyclic esters (lactones) is 1. The second kappa shape index (κ2) is 9.92. The van der Waals surface area contributed by atoms with E-state index in [4.69, 9.17) is 18.9 Å². The highest BCUT2D eigenvalue weighted by atomic mass is 16.6. The van der Waals surface area contributed by atoms with Crippen molar-refractivity contribution in [3.8, 4) is 0 Å². The zero-order valence-electron chi connectivity index (χ0n) is 20.8. The van der Waals surface area contributed by atoms with E-state index in [-0.39, 0.29) is 48.5 Å². The number of rotatable bonds is 6. The lowest BCUT2D eigenvalue weighted by atomic mass is 9.46. The SMILES string of the molecule is C=C1CCC2C(C)(COC(C)=O)C(OC(C)=O)CCC2(C)C1CC=C1C(=O)OCC1OC(C)=O. The van der Waals surface area contributed by atoms with E-state index in [0.717, 1.165) is 24.8 Å². The van der Waals surface area contributed by atoms with Gasteiger partial charge in [0.25, 0.3) is 0 Å². The summed E-state index contributed by atoms with van der Waals surface area (Å²) in [6.07, 6.45) is 4.40. The summed E-state index contributed by atoms with van der Waals surface area (Å²) in [6.45, 7) is 12.9. The van der Waals surface area contributed by atoms with Crippen LogP contribution in [0, 0.1) is 22.7 Å². The van der Waals surface area contributed by atoms with Crippen LogP contribution >= 0.6 is 0 Å². The van der Waals surface area contributed by atoms with Gasteiger partial charge in [0.1, 0.15) is 19.3 Å². The summed E-state index contributed by atoms with van der Waals surface area (Å²) in [5.41, 5.74) is 0.706. The van der Waals surface area contributed by atoms with Crippen molar-refractivity contribution in [1.82, 2.24) is 0 Å². The van der Waals surface area contributed by atoms with Gasteiger partial charge in [0, 0.05) is 26.2 Å². The molecule has 3 rings (SSSR count). The fourth-order valence-electron chi connectivity index (χ4n) is 6.46.